The maximum Gasteiger partial charge on any atom is 0.175 e. The van der Waals surface area contributed by atoms with Crippen molar-refractivity contribution in [3.8, 4) is 0 Å². The number of nitrogens with zero attached hydrogens (tertiary/aromatic N) is 2. The van der Waals surface area contributed by atoms with Crippen LogP contribution < -0.4 is 0 Å². The first-order valence-electron chi connectivity index (χ1n) is 5.11. The molecule has 0 saturated heterocycles. The molecule has 0 fully saturated rings. The van der Waals surface area contributed by atoms with Crippen molar-refractivity contribution in [1.29, 1.82) is 0 Å². The molecule has 0 amide bonds. The van der Waals surface area contributed by atoms with E-state index >= 15 is 0 Å². The maximum absolute atomic E-state index is 13.0. The van der Waals surface area contributed by atoms with Gasteiger partial charge in [-0.15, -0.1) is 10.2 Å². The highest BCUT2D eigenvalue weighted by Gasteiger charge is 2.05. The molecule has 17 heavy (non-hydrogen) atoms. The summed E-state index contributed by atoms with van der Waals surface area (Å²) < 4.78 is 14.9. The summed E-state index contributed by atoms with van der Waals surface area (Å²) >= 11 is 4.88. The Morgan fingerprint density at radius 3 is 2.71 bits per heavy atom. The van der Waals surface area contributed by atoms with Gasteiger partial charge in [0.25, 0.3) is 0 Å². The highest BCUT2D eigenvalue weighted by Crippen LogP contribution is 2.30. The van der Waals surface area contributed by atoms with Crippen LogP contribution in [0.1, 0.15) is 12.5 Å². The normalized spacial score (nSPS) is 10.7. The zero-order valence-electron chi connectivity index (χ0n) is 9.22. The summed E-state index contributed by atoms with van der Waals surface area (Å²) in [6.07, 6.45) is 0. The maximum atomic E-state index is 13.0. The third-order valence-electron chi connectivity index (χ3n) is 1.91. The van der Waals surface area contributed by atoms with Crippen LogP contribution in [0.2, 0.25) is 0 Å². The van der Waals surface area contributed by atoms with E-state index < -0.39 is 0 Å². The number of rotatable bonds is 5. The molecular weight excluding hydrogens is 275 g/mol. The second kappa shape index (κ2) is 6.37. The van der Waals surface area contributed by atoms with Gasteiger partial charge in [-0.05, 0) is 23.4 Å². The molecule has 0 atom stereocenters. The number of hydrogen-bond acceptors (Lipinski definition) is 5. The van der Waals surface area contributed by atoms with Crippen LogP contribution in [0.4, 0.5) is 4.39 Å². The van der Waals surface area contributed by atoms with E-state index in [0.717, 1.165) is 25.7 Å². The molecule has 6 heteroatoms. The fraction of sp³-hybridized carbons (Fsp3) is 0.273. The van der Waals surface area contributed by atoms with Gasteiger partial charge in [0.05, 0.1) is 0 Å². The Balaban J connectivity index is 1.93. The standard InChI is InChI=1S/C11H11FN2S3/c1-2-15-10-13-14-11(17-10)16-7-8-4-3-5-9(12)6-8/h3-6H,2,7H2,1H3. The van der Waals surface area contributed by atoms with Gasteiger partial charge in [0, 0.05) is 5.75 Å². The van der Waals surface area contributed by atoms with Crippen molar-refractivity contribution in [3.05, 3.63) is 35.6 Å². The average Bonchev–Trinajstić information content (AvgIpc) is 2.75. The lowest BCUT2D eigenvalue weighted by molar-refractivity contribution is 0.626. The molecule has 1 aromatic heterocycles. The summed E-state index contributed by atoms with van der Waals surface area (Å²) in [6, 6.07) is 6.65. The van der Waals surface area contributed by atoms with Crippen LogP contribution in [0.25, 0.3) is 0 Å². The van der Waals surface area contributed by atoms with Crippen molar-refractivity contribution < 1.29 is 4.39 Å². The summed E-state index contributed by atoms with van der Waals surface area (Å²) in [7, 11) is 0. The lowest BCUT2D eigenvalue weighted by Gasteiger charge is -1.98. The van der Waals surface area contributed by atoms with Crippen molar-refractivity contribution in [3.63, 3.8) is 0 Å². The van der Waals surface area contributed by atoms with Crippen LogP contribution in [-0.4, -0.2) is 16.0 Å². The molecule has 0 aliphatic heterocycles. The van der Waals surface area contributed by atoms with E-state index in [4.69, 9.17) is 0 Å². The van der Waals surface area contributed by atoms with Gasteiger partial charge in [-0.25, -0.2) is 4.39 Å². The molecular formula is C11H11FN2S3. The summed E-state index contributed by atoms with van der Waals surface area (Å²) in [5.41, 5.74) is 0.967. The van der Waals surface area contributed by atoms with Gasteiger partial charge in [0.2, 0.25) is 0 Å². The summed E-state index contributed by atoms with van der Waals surface area (Å²) in [6.45, 7) is 2.09. The van der Waals surface area contributed by atoms with Crippen LogP contribution in [-0.2, 0) is 5.75 Å². The predicted molar refractivity (Wildman–Crippen MR) is 72.3 cm³/mol. The van der Waals surface area contributed by atoms with Gasteiger partial charge in [0.1, 0.15) is 5.82 Å². The summed E-state index contributed by atoms with van der Waals surface area (Å²) in [5.74, 6) is 1.54. The second-order valence-corrected chi connectivity index (χ2v) is 6.90. The molecule has 0 aliphatic rings. The van der Waals surface area contributed by atoms with E-state index in [0.29, 0.717) is 0 Å². The zero-order chi connectivity index (χ0) is 12.1. The smallest absolute Gasteiger partial charge is 0.175 e. The van der Waals surface area contributed by atoms with E-state index in [9.17, 15) is 4.39 Å². The van der Waals surface area contributed by atoms with Crippen LogP contribution in [0.15, 0.2) is 32.9 Å². The molecule has 2 aromatic rings. The third kappa shape index (κ3) is 3.97. The molecule has 1 heterocycles. The minimum Gasteiger partial charge on any atom is -0.207 e. The van der Waals surface area contributed by atoms with Crippen molar-refractivity contribution in [2.45, 2.75) is 21.4 Å². The lowest BCUT2D eigenvalue weighted by atomic mass is 10.2. The Morgan fingerprint density at radius 1 is 1.24 bits per heavy atom. The lowest BCUT2D eigenvalue weighted by Crippen LogP contribution is -1.82. The quantitative estimate of drug-likeness (QED) is 0.773. The van der Waals surface area contributed by atoms with Crippen molar-refractivity contribution in [2.24, 2.45) is 0 Å². The number of halogens is 1. The van der Waals surface area contributed by atoms with Gasteiger partial charge in [-0.2, -0.15) is 0 Å². The molecule has 90 valence electrons. The van der Waals surface area contributed by atoms with Crippen LogP contribution in [0, 0.1) is 5.82 Å². The van der Waals surface area contributed by atoms with E-state index in [1.807, 2.05) is 6.07 Å². The first-order valence-corrected chi connectivity index (χ1v) is 7.90. The molecule has 0 N–H and O–H groups in total. The molecule has 0 spiro atoms. The van der Waals surface area contributed by atoms with Gasteiger partial charge in [-0.1, -0.05) is 53.9 Å². The molecule has 0 aliphatic carbocycles. The van der Waals surface area contributed by atoms with Crippen LogP contribution in [0.5, 0.6) is 0 Å². The number of benzene rings is 1. The van der Waals surface area contributed by atoms with Crippen LogP contribution in [0.3, 0.4) is 0 Å². The number of thioether (sulfide) groups is 2. The van der Waals surface area contributed by atoms with Gasteiger partial charge in [0.15, 0.2) is 8.68 Å². The Kier molecular flexibility index (Phi) is 4.82. The Labute approximate surface area is 112 Å². The topological polar surface area (TPSA) is 25.8 Å². The Hall–Kier alpha value is -0.590. The first kappa shape index (κ1) is 12.9. The van der Waals surface area contributed by atoms with Gasteiger partial charge >= 0.3 is 0 Å². The zero-order valence-corrected chi connectivity index (χ0v) is 11.7. The first-order chi connectivity index (χ1) is 8.28. The Bertz CT molecular complexity index is 487. The highest BCUT2D eigenvalue weighted by molar-refractivity contribution is 8.02. The summed E-state index contributed by atoms with van der Waals surface area (Å²) in [4.78, 5) is 0. The Morgan fingerprint density at radius 2 is 2.00 bits per heavy atom. The highest BCUT2D eigenvalue weighted by atomic mass is 32.2. The van der Waals surface area contributed by atoms with E-state index in [1.165, 1.54) is 6.07 Å². The molecule has 0 bridgehead atoms. The fourth-order valence-corrected chi connectivity index (χ4v) is 4.07. The van der Waals surface area contributed by atoms with Gasteiger partial charge in [-0.3, -0.25) is 0 Å². The monoisotopic (exact) mass is 286 g/mol. The van der Waals surface area contributed by atoms with E-state index in [-0.39, 0.29) is 5.82 Å². The predicted octanol–water partition coefficient (Wildman–Crippen LogP) is 4.08. The number of hydrogen-bond donors (Lipinski definition) is 0. The average molecular weight is 286 g/mol. The van der Waals surface area contributed by atoms with E-state index in [1.54, 1.807) is 47.0 Å². The molecule has 1 aromatic carbocycles. The minimum atomic E-state index is -0.192. The van der Waals surface area contributed by atoms with E-state index in [2.05, 4.69) is 17.1 Å². The number of aromatic nitrogens is 2. The largest absolute Gasteiger partial charge is 0.207 e. The van der Waals surface area contributed by atoms with Crippen molar-refractivity contribution in [1.82, 2.24) is 10.2 Å². The van der Waals surface area contributed by atoms with Crippen molar-refractivity contribution in [2.75, 3.05) is 5.75 Å². The molecule has 0 saturated carbocycles. The summed E-state index contributed by atoms with van der Waals surface area (Å²) in [5, 5.41) is 8.16. The minimum absolute atomic E-state index is 0.192. The van der Waals surface area contributed by atoms with Crippen LogP contribution >= 0.6 is 34.9 Å². The molecule has 0 unspecified atom stereocenters. The third-order valence-corrected chi connectivity index (χ3v) is 5.05. The molecule has 0 radical (unpaired) electrons. The second-order valence-electron chi connectivity index (χ2n) is 3.19. The van der Waals surface area contributed by atoms with Crippen molar-refractivity contribution >= 4 is 34.9 Å². The fourth-order valence-electron chi connectivity index (χ4n) is 1.21. The SMILES string of the molecule is CCSc1nnc(SCc2cccc(F)c2)s1. The van der Waals surface area contributed by atoms with Gasteiger partial charge < -0.3 is 0 Å². The molecule has 2 nitrogen and oxygen atoms in total. The molecule has 2 rings (SSSR count).